The van der Waals surface area contributed by atoms with Crippen LogP contribution in [0.25, 0.3) is 0 Å². The zero-order valence-corrected chi connectivity index (χ0v) is 11.6. The molecule has 4 nitrogen and oxygen atoms in total. The second-order valence-corrected chi connectivity index (χ2v) is 5.04. The minimum atomic E-state index is -0.322. The summed E-state index contributed by atoms with van der Waals surface area (Å²) < 4.78 is 12.9. The van der Waals surface area contributed by atoms with E-state index in [0.717, 1.165) is 18.8 Å². The molecule has 0 saturated carbocycles. The topological polar surface area (TPSA) is 37.7 Å². The van der Waals surface area contributed by atoms with Crippen molar-refractivity contribution >= 4 is 11.6 Å². The molecule has 0 radical (unpaired) electrons. The summed E-state index contributed by atoms with van der Waals surface area (Å²) >= 11 is 0. The van der Waals surface area contributed by atoms with Crippen molar-refractivity contribution < 1.29 is 14.2 Å². The number of carbonyl (C=O) groups is 1. The highest BCUT2D eigenvalue weighted by Gasteiger charge is 2.22. The molecule has 108 valence electrons. The quantitative estimate of drug-likeness (QED) is 0.841. The Morgan fingerprint density at radius 2 is 1.57 bits per heavy atom. The standard InChI is InChI=1S/C16H16FN3O/c17-14-3-1-13(2-4-14)16(21)20-11-9-19(10-12-20)15-5-7-18-8-6-15/h1-8H,9-12H2/p+1. The number of rotatable bonds is 2. The minimum Gasteiger partial charge on any atom is -0.368 e. The number of amides is 1. The maximum Gasteiger partial charge on any atom is 0.253 e. The van der Waals surface area contributed by atoms with Gasteiger partial charge in [-0.1, -0.05) is 0 Å². The Balaban J connectivity index is 1.63. The van der Waals surface area contributed by atoms with Gasteiger partial charge in [-0.2, -0.15) is 0 Å². The van der Waals surface area contributed by atoms with Crippen molar-refractivity contribution in [2.24, 2.45) is 0 Å². The van der Waals surface area contributed by atoms with Crippen molar-refractivity contribution in [2.75, 3.05) is 31.1 Å². The summed E-state index contributed by atoms with van der Waals surface area (Å²) in [6.07, 6.45) is 3.79. The molecule has 0 spiro atoms. The summed E-state index contributed by atoms with van der Waals surface area (Å²) in [6, 6.07) is 9.77. The Morgan fingerprint density at radius 1 is 0.952 bits per heavy atom. The third-order valence-electron chi connectivity index (χ3n) is 3.72. The second-order valence-electron chi connectivity index (χ2n) is 5.04. The number of benzene rings is 1. The average Bonchev–Trinajstić information content (AvgIpc) is 2.56. The van der Waals surface area contributed by atoms with E-state index in [4.69, 9.17) is 0 Å². The van der Waals surface area contributed by atoms with Gasteiger partial charge in [0.15, 0.2) is 12.4 Å². The van der Waals surface area contributed by atoms with E-state index in [1.54, 1.807) is 0 Å². The minimum absolute atomic E-state index is 0.0314. The van der Waals surface area contributed by atoms with E-state index in [1.165, 1.54) is 24.3 Å². The third-order valence-corrected chi connectivity index (χ3v) is 3.72. The molecule has 1 aromatic heterocycles. The molecule has 1 amide bonds. The first-order valence-corrected chi connectivity index (χ1v) is 7.00. The summed E-state index contributed by atoms with van der Waals surface area (Å²) in [5.41, 5.74) is 1.70. The molecule has 1 fully saturated rings. The van der Waals surface area contributed by atoms with Gasteiger partial charge >= 0.3 is 0 Å². The molecule has 1 aromatic carbocycles. The van der Waals surface area contributed by atoms with Crippen LogP contribution in [-0.4, -0.2) is 37.0 Å². The number of aromatic nitrogens is 1. The fourth-order valence-corrected chi connectivity index (χ4v) is 2.53. The number of halogens is 1. The molecule has 0 atom stereocenters. The molecule has 1 aliphatic rings. The Bertz CT molecular complexity index is 607. The molecule has 1 N–H and O–H groups in total. The first kappa shape index (κ1) is 13.5. The Kier molecular flexibility index (Phi) is 3.81. The van der Waals surface area contributed by atoms with Gasteiger partial charge < -0.3 is 9.80 Å². The van der Waals surface area contributed by atoms with E-state index in [-0.39, 0.29) is 11.7 Å². The van der Waals surface area contributed by atoms with Crippen molar-refractivity contribution in [3.63, 3.8) is 0 Å². The molecule has 3 rings (SSSR count). The number of piperazine rings is 1. The van der Waals surface area contributed by atoms with Gasteiger partial charge in [0.2, 0.25) is 0 Å². The molecule has 2 heterocycles. The zero-order chi connectivity index (χ0) is 14.7. The number of nitrogens with zero attached hydrogens (tertiary/aromatic N) is 2. The summed E-state index contributed by atoms with van der Waals surface area (Å²) in [4.78, 5) is 19.4. The van der Waals surface area contributed by atoms with Gasteiger partial charge in [0, 0.05) is 49.6 Å². The van der Waals surface area contributed by atoms with Crippen LogP contribution in [0.1, 0.15) is 10.4 Å². The van der Waals surface area contributed by atoms with Gasteiger partial charge in [-0.3, -0.25) is 4.79 Å². The van der Waals surface area contributed by atoms with E-state index in [9.17, 15) is 9.18 Å². The maximum absolute atomic E-state index is 12.9. The van der Waals surface area contributed by atoms with E-state index < -0.39 is 0 Å². The fourth-order valence-electron chi connectivity index (χ4n) is 2.53. The number of aromatic amines is 1. The van der Waals surface area contributed by atoms with Crippen LogP contribution in [0, 0.1) is 5.82 Å². The van der Waals surface area contributed by atoms with E-state index in [0.29, 0.717) is 18.7 Å². The molecule has 0 unspecified atom stereocenters. The predicted molar refractivity (Wildman–Crippen MR) is 77.5 cm³/mol. The lowest BCUT2D eigenvalue weighted by atomic mass is 10.1. The van der Waals surface area contributed by atoms with Crippen molar-refractivity contribution in [3.8, 4) is 0 Å². The monoisotopic (exact) mass is 286 g/mol. The van der Waals surface area contributed by atoms with Gasteiger partial charge in [-0.25, -0.2) is 9.37 Å². The fraction of sp³-hybridized carbons (Fsp3) is 0.250. The normalized spacial score (nSPS) is 15.1. The molecule has 5 heteroatoms. The second kappa shape index (κ2) is 5.91. The van der Waals surface area contributed by atoms with Gasteiger partial charge in [0.1, 0.15) is 5.82 Å². The lowest BCUT2D eigenvalue weighted by molar-refractivity contribution is -0.377. The number of hydrogen-bond acceptors (Lipinski definition) is 2. The summed E-state index contributed by atoms with van der Waals surface area (Å²) in [6.45, 7) is 2.96. The van der Waals surface area contributed by atoms with Gasteiger partial charge in [-0.05, 0) is 24.3 Å². The smallest absolute Gasteiger partial charge is 0.253 e. The van der Waals surface area contributed by atoms with Crippen LogP contribution >= 0.6 is 0 Å². The molecule has 0 bridgehead atoms. The van der Waals surface area contributed by atoms with E-state index in [2.05, 4.69) is 9.88 Å². The number of hydrogen-bond donors (Lipinski definition) is 0. The molecular formula is C16H17FN3O+. The highest BCUT2D eigenvalue weighted by Crippen LogP contribution is 2.15. The largest absolute Gasteiger partial charge is 0.368 e. The van der Waals surface area contributed by atoms with Crippen LogP contribution in [0.5, 0.6) is 0 Å². The lowest BCUT2D eigenvalue weighted by Crippen LogP contribution is -2.48. The first-order valence-electron chi connectivity index (χ1n) is 7.00. The molecule has 21 heavy (non-hydrogen) atoms. The van der Waals surface area contributed by atoms with Gasteiger partial charge in [0.05, 0.1) is 0 Å². The van der Waals surface area contributed by atoms with Crippen molar-refractivity contribution in [1.29, 1.82) is 0 Å². The number of nitrogens with one attached hydrogen (secondary N) is 1. The Hall–Kier alpha value is -2.43. The summed E-state index contributed by atoms with van der Waals surface area (Å²) in [5.74, 6) is -0.353. The van der Waals surface area contributed by atoms with E-state index in [1.807, 2.05) is 29.4 Å². The van der Waals surface area contributed by atoms with Gasteiger partial charge in [0.25, 0.3) is 5.91 Å². The molecule has 2 aromatic rings. The molecule has 1 aliphatic heterocycles. The van der Waals surface area contributed by atoms with Gasteiger partial charge in [-0.15, -0.1) is 0 Å². The summed E-state index contributed by atoms with van der Waals surface area (Å²) in [7, 11) is 0. The molecule has 0 aliphatic carbocycles. The van der Waals surface area contributed by atoms with Crippen LogP contribution < -0.4 is 9.88 Å². The highest BCUT2D eigenvalue weighted by molar-refractivity contribution is 5.94. The molecular weight excluding hydrogens is 269 g/mol. The zero-order valence-electron chi connectivity index (χ0n) is 11.6. The number of carbonyl (C=O) groups excluding carboxylic acids is 1. The molecule has 1 saturated heterocycles. The van der Waals surface area contributed by atoms with Crippen LogP contribution in [0.15, 0.2) is 48.8 Å². The first-order chi connectivity index (χ1) is 10.2. The predicted octanol–water partition coefficient (Wildman–Crippen LogP) is 1.60. The number of anilines is 1. The van der Waals surface area contributed by atoms with Crippen molar-refractivity contribution in [2.45, 2.75) is 0 Å². The van der Waals surface area contributed by atoms with Crippen LogP contribution in [-0.2, 0) is 0 Å². The summed E-state index contributed by atoms with van der Waals surface area (Å²) in [5, 5.41) is 0. The van der Waals surface area contributed by atoms with Crippen LogP contribution in [0.2, 0.25) is 0 Å². The third kappa shape index (κ3) is 3.02. The number of pyridine rings is 1. The van der Waals surface area contributed by atoms with Crippen molar-refractivity contribution in [1.82, 2.24) is 4.90 Å². The SMILES string of the molecule is O=C(c1ccc(F)cc1)N1CCN(c2cc[nH+]cc2)CC1. The Labute approximate surface area is 122 Å². The van der Waals surface area contributed by atoms with E-state index >= 15 is 0 Å². The highest BCUT2D eigenvalue weighted by atomic mass is 19.1. The lowest BCUT2D eigenvalue weighted by Gasteiger charge is -2.35. The maximum atomic E-state index is 12.9. The van der Waals surface area contributed by atoms with Crippen molar-refractivity contribution in [3.05, 3.63) is 60.2 Å². The van der Waals surface area contributed by atoms with Crippen LogP contribution in [0.3, 0.4) is 0 Å². The Morgan fingerprint density at radius 3 is 2.19 bits per heavy atom. The number of H-pyrrole nitrogens is 1. The van der Waals surface area contributed by atoms with Crippen LogP contribution in [0.4, 0.5) is 10.1 Å². The average molecular weight is 286 g/mol.